The lowest BCUT2D eigenvalue weighted by Gasteiger charge is -2.07. The first-order valence-electron chi connectivity index (χ1n) is 5.66. The molecule has 1 aromatic carbocycles. The van der Waals surface area contributed by atoms with Crippen LogP contribution in [0.5, 0.6) is 5.88 Å². The maximum absolute atomic E-state index is 11.7. The Morgan fingerprint density at radius 2 is 2.15 bits per heavy atom. The van der Waals surface area contributed by atoms with Crippen LogP contribution in [0.4, 0.5) is 11.4 Å². The molecule has 0 aliphatic heterocycles. The van der Waals surface area contributed by atoms with Crippen LogP contribution in [0, 0.1) is 10.1 Å². The molecular weight excluding hydrogens is 264 g/mol. The fraction of sp³-hybridized carbons (Fsp3) is 0.167. The highest BCUT2D eigenvalue weighted by atomic mass is 16.6. The van der Waals surface area contributed by atoms with Crippen molar-refractivity contribution in [2.45, 2.75) is 6.54 Å². The van der Waals surface area contributed by atoms with Crippen LogP contribution in [0.2, 0.25) is 0 Å². The van der Waals surface area contributed by atoms with Crippen molar-refractivity contribution in [3.05, 3.63) is 56.4 Å². The Bertz CT molecular complexity index is 711. The molecule has 0 unspecified atom stereocenters. The number of hydrogen-bond donors (Lipinski definition) is 1. The number of nitrogens with zero attached hydrogens (tertiary/aromatic N) is 3. The standard InChI is InChI=1S/C12H12N4O4/c1-20-11-4-5-12(17)15(14-11)7-8-2-3-9(13)10(6-8)16(18)19/h2-6H,7,13H2,1H3. The minimum Gasteiger partial charge on any atom is -0.480 e. The minimum atomic E-state index is -0.569. The van der Waals surface area contributed by atoms with Crippen LogP contribution in [-0.4, -0.2) is 21.8 Å². The predicted molar refractivity (Wildman–Crippen MR) is 71.7 cm³/mol. The summed E-state index contributed by atoms with van der Waals surface area (Å²) in [5, 5.41) is 14.8. The van der Waals surface area contributed by atoms with E-state index < -0.39 is 4.92 Å². The molecule has 0 radical (unpaired) electrons. The van der Waals surface area contributed by atoms with Crippen LogP contribution in [-0.2, 0) is 6.54 Å². The van der Waals surface area contributed by atoms with Gasteiger partial charge in [-0.25, -0.2) is 4.68 Å². The van der Waals surface area contributed by atoms with Gasteiger partial charge in [0.2, 0.25) is 5.88 Å². The molecule has 0 fully saturated rings. The first-order valence-corrected chi connectivity index (χ1v) is 5.66. The molecule has 1 heterocycles. The summed E-state index contributed by atoms with van der Waals surface area (Å²) in [5.74, 6) is 0.287. The summed E-state index contributed by atoms with van der Waals surface area (Å²) in [5.41, 5.74) is 5.61. The molecule has 20 heavy (non-hydrogen) atoms. The molecule has 0 aliphatic carbocycles. The normalized spacial score (nSPS) is 10.2. The van der Waals surface area contributed by atoms with E-state index in [1.807, 2.05) is 0 Å². The number of benzene rings is 1. The number of nitrogen functional groups attached to an aromatic ring is 1. The maximum atomic E-state index is 11.7. The zero-order chi connectivity index (χ0) is 14.7. The monoisotopic (exact) mass is 276 g/mol. The van der Waals surface area contributed by atoms with Gasteiger partial charge in [-0.2, -0.15) is 0 Å². The van der Waals surface area contributed by atoms with Crippen LogP contribution in [0.3, 0.4) is 0 Å². The summed E-state index contributed by atoms with van der Waals surface area (Å²) in [7, 11) is 1.44. The molecular formula is C12H12N4O4. The van der Waals surface area contributed by atoms with Gasteiger partial charge in [-0.1, -0.05) is 6.07 Å². The van der Waals surface area contributed by atoms with E-state index in [1.54, 1.807) is 6.07 Å². The van der Waals surface area contributed by atoms with Gasteiger partial charge in [0.25, 0.3) is 11.2 Å². The van der Waals surface area contributed by atoms with Crippen LogP contribution in [0.25, 0.3) is 0 Å². The van der Waals surface area contributed by atoms with Gasteiger partial charge >= 0.3 is 0 Å². The molecule has 2 aromatic rings. The lowest BCUT2D eigenvalue weighted by Crippen LogP contribution is -2.22. The topological polar surface area (TPSA) is 113 Å². The first kappa shape index (κ1) is 13.5. The lowest BCUT2D eigenvalue weighted by atomic mass is 10.2. The predicted octanol–water partition coefficient (Wildman–Crippen LogP) is 0.791. The van der Waals surface area contributed by atoms with E-state index in [-0.39, 0.29) is 29.4 Å². The molecule has 2 N–H and O–H groups in total. The van der Waals surface area contributed by atoms with Crippen molar-refractivity contribution < 1.29 is 9.66 Å². The smallest absolute Gasteiger partial charge is 0.292 e. The van der Waals surface area contributed by atoms with Gasteiger partial charge in [0.1, 0.15) is 5.69 Å². The second-order valence-corrected chi connectivity index (χ2v) is 4.02. The van der Waals surface area contributed by atoms with Gasteiger partial charge in [-0.3, -0.25) is 14.9 Å². The number of anilines is 1. The van der Waals surface area contributed by atoms with E-state index in [4.69, 9.17) is 10.5 Å². The Hall–Kier alpha value is -2.90. The van der Waals surface area contributed by atoms with E-state index in [2.05, 4.69) is 5.10 Å². The second kappa shape index (κ2) is 5.39. The molecule has 0 saturated heterocycles. The molecule has 1 aromatic heterocycles. The van der Waals surface area contributed by atoms with Crippen LogP contribution in [0.1, 0.15) is 5.56 Å². The van der Waals surface area contributed by atoms with Crippen molar-refractivity contribution in [1.29, 1.82) is 0 Å². The van der Waals surface area contributed by atoms with Gasteiger partial charge in [0, 0.05) is 18.2 Å². The maximum Gasteiger partial charge on any atom is 0.292 e. The quantitative estimate of drug-likeness (QED) is 0.501. The third-order valence-electron chi connectivity index (χ3n) is 2.68. The van der Waals surface area contributed by atoms with Gasteiger partial charge in [-0.05, 0) is 11.6 Å². The summed E-state index contributed by atoms with van der Waals surface area (Å²) >= 11 is 0. The van der Waals surface area contributed by atoms with E-state index in [1.165, 1.54) is 31.4 Å². The van der Waals surface area contributed by atoms with E-state index in [0.29, 0.717) is 5.56 Å². The average Bonchev–Trinajstić information content (AvgIpc) is 2.43. The average molecular weight is 276 g/mol. The van der Waals surface area contributed by atoms with Gasteiger partial charge in [0.15, 0.2) is 0 Å². The highest BCUT2D eigenvalue weighted by Gasteiger charge is 2.12. The van der Waals surface area contributed by atoms with Crippen molar-refractivity contribution in [2.75, 3.05) is 12.8 Å². The number of hydrogen-bond acceptors (Lipinski definition) is 6. The lowest BCUT2D eigenvalue weighted by molar-refractivity contribution is -0.384. The van der Waals surface area contributed by atoms with Crippen molar-refractivity contribution in [2.24, 2.45) is 0 Å². The molecule has 8 nitrogen and oxygen atoms in total. The van der Waals surface area contributed by atoms with Gasteiger partial charge in [0.05, 0.1) is 18.6 Å². The van der Waals surface area contributed by atoms with E-state index in [9.17, 15) is 14.9 Å². The number of methoxy groups -OCH3 is 1. The molecule has 8 heteroatoms. The Balaban J connectivity index is 2.37. The number of rotatable bonds is 4. The fourth-order valence-corrected chi connectivity index (χ4v) is 1.67. The van der Waals surface area contributed by atoms with Crippen molar-refractivity contribution in [3.8, 4) is 5.88 Å². The number of aromatic nitrogens is 2. The number of nitro groups is 1. The molecule has 0 aliphatic rings. The summed E-state index contributed by atoms with van der Waals surface area (Å²) in [6.45, 7) is 0.0944. The SMILES string of the molecule is COc1ccc(=O)n(Cc2ccc(N)c([N+](=O)[O-])c2)n1. The summed E-state index contributed by atoms with van der Waals surface area (Å²) < 4.78 is 6.09. The summed E-state index contributed by atoms with van der Waals surface area (Å²) in [6, 6.07) is 7.12. The molecule has 2 rings (SSSR count). The summed E-state index contributed by atoms with van der Waals surface area (Å²) in [4.78, 5) is 21.9. The second-order valence-electron chi connectivity index (χ2n) is 4.02. The molecule has 0 spiro atoms. The van der Waals surface area contributed by atoms with Crippen molar-refractivity contribution >= 4 is 11.4 Å². The fourth-order valence-electron chi connectivity index (χ4n) is 1.67. The Morgan fingerprint density at radius 3 is 2.80 bits per heavy atom. The molecule has 0 atom stereocenters. The van der Waals surface area contributed by atoms with Crippen LogP contribution < -0.4 is 16.0 Å². The zero-order valence-electron chi connectivity index (χ0n) is 10.6. The van der Waals surface area contributed by atoms with Crippen LogP contribution in [0.15, 0.2) is 35.1 Å². The van der Waals surface area contributed by atoms with Gasteiger partial charge in [-0.15, -0.1) is 5.10 Å². The highest BCUT2D eigenvalue weighted by molar-refractivity contribution is 5.59. The first-order chi connectivity index (χ1) is 9.51. The minimum absolute atomic E-state index is 0.0738. The largest absolute Gasteiger partial charge is 0.480 e. The molecule has 0 saturated carbocycles. The van der Waals surface area contributed by atoms with E-state index in [0.717, 1.165) is 4.68 Å². The van der Waals surface area contributed by atoms with Crippen LogP contribution >= 0.6 is 0 Å². The zero-order valence-corrected chi connectivity index (χ0v) is 10.6. The molecule has 0 amide bonds. The Labute approximate surface area is 113 Å². The summed E-state index contributed by atoms with van der Waals surface area (Å²) in [6.07, 6.45) is 0. The third-order valence-corrected chi connectivity index (χ3v) is 2.68. The van der Waals surface area contributed by atoms with Crippen molar-refractivity contribution in [1.82, 2.24) is 9.78 Å². The number of nitrogens with two attached hydrogens (primary N) is 1. The Morgan fingerprint density at radius 1 is 1.40 bits per heavy atom. The molecule has 0 bridgehead atoms. The van der Waals surface area contributed by atoms with Gasteiger partial charge < -0.3 is 10.5 Å². The van der Waals surface area contributed by atoms with E-state index >= 15 is 0 Å². The third kappa shape index (κ3) is 2.74. The highest BCUT2D eigenvalue weighted by Crippen LogP contribution is 2.22. The Kier molecular flexibility index (Phi) is 3.65. The van der Waals surface area contributed by atoms with Crippen molar-refractivity contribution in [3.63, 3.8) is 0 Å². The molecule has 104 valence electrons. The number of nitro benzene ring substituents is 1. The number of ether oxygens (including phenoxy) is 1.